The second-order valence-corrected chi connectivity index (χ2v) is 5.33. The summed E-state index contributed by atoms with van der Waals surface area (Å²) in [6.45, 7) is 0.419. The van der Waals surface area contributed by atoms with Gasteiger partial charge in [0.15, 0.2) is 0 Å². The van der Waals surface area contributed by atoms with E-state index in [2.05, 4.69) is 20.7 Å². The molecule has 1 aromatic carbocycles. The molecule has 0 aromatic heterocycles. The highest BCUT2D eigenvalue weighted by molar-refractivity contribution is 9.09. The fraction of sp³-hybridized carbons (Fsp3) is 0.385. The number of hydrogen-bond acceptors (Lipinski definition) is 5. The molecule has 21 heavy (non-hydrogen) atoms. The highest BCUT2D eigenvalue weighted by Crippen LogP contribution is 2.34. The topological polar surface area (TPSA) is 89.8 Å². The van der Waals surface area contributed by atoms with Crippen molar-refractivity contribution in [2.24, 2.45) is 5.92 Å². The van der Waals surface area contributed by atoms with E-state index in [-0.39, 0.29) is 28.8 Å². The van der Waals surface area contributed by atoms with E-state index in [1.54, 1.807) is 0 Å². The molecule has 7 nitrogen and oxygen atoms in total. The first kappa shape index (κ1) is 15.4. The van der Waals surface area contributed by atoms with Crippen LogP contribution in [-0.2, 0) is 9.53 Å². The Morgan fingerprint density at radius 3 is 2.81 bits per heavy atom. The average molecular weight is 357 g/mol. The fourth-order valence-electron chi connectivity index (χ4n) is 2.26. The van der Waals surface area contributed by atoms with Crippen molar-refractivity contribution in [3.63, 3.8) is 0 Å². The van der Waals surface area contributed by atoms with Gasteiger partial charge in [0, 0.05) is 24.4 Å². The number of halogens is 1. The number of carbonyl (C=O) groups excluding carboxylic acids is 2. The van der Waals surface area contributed by atoms with Gasteiger partial charge in [0.1, 0.15) is 5.69 Å². The maximum Gasteiger partial charge on any atom is 0.338 e. The Morgan fingerprint density at radius 1 is 1.57 bits per heavy atom. The number of nitro groups is 1. The van der Waals surface area contributed by atoms with Gasteiger partial charge in [-0.25, -0.2) is 4.79 Å². The Kier molecular flexibility index (Phi) is 4.56. The van der Waals surface area contributed by atoms with E-state index in [1.807, 2.05) is 0 Å². The van der Waals surface area contributed by atoms with Gasteiger partial charge >= 0.3 is 5.97 Å². The Balaban J connectivity index is 2.42. The zero-order valence-corrected chi connectivity index (χ0v) is 12.8. The summed E-state index contributed by atoms with van der Waals surface area (Å²) >= 11 is 3.32. The second-order valence-electron chi connectivity index (χ2n) is 4.68. The summed E-state index contributed by atoms with van der Waals surface area (Å²) in [5.41, 5.74) is 0.0132. The van der Waals surface area contributed by atoms with Gasteiger partial charge in [-0.2, -0.15) is 0 Å². The number of nitro benzene ring substituents is 1. The Bertz CT molecular complexity index is 604. The van der Waals surface area contributed by atoms with Crippen LogP contribution >= 0.6 is 15.9 Å². The summed E-state index contributed by atoms with van der Waals surface area (Å²) in [7, 11) is 1.20. The maximum absolute atomic E-state index is 12.0. The molecular weight excluding hydrogens is 344 g/mol. The summed E-state index contributed by atoms with van der Waals surface area (Å²) in [5, 5.41) is 11.9. The van der Waals surface area contributed by atoms with Crippen LogP contribution in [0.4, 0.5) is 11.4 Å². The minimum Gasteiger partial charge on any atom is -0.465 e. The number of nitrogens with zero attached hydrogens (tertiary/aromatic N) is 2. The van der Waals surface area contributed by atoms with Crippen LogP contribution in [0.5, 0.6) is 0 Å². The third-order valence-corrected chi connectivity index (χ3v) is 4.22. The molecule has 1 heterocycles. The molecule has 0 spiro atoms. The van der Waals surface area contributed by atoms with Crippen molar-refractivity contribution >= 4 is 39.2 Å². The predicted octanol–water partition coefficient (Wildman–Crippen LogP) is 2.13. The number of carbonyl (C=O) groups is 2. The van der Waals surface area contributed by atoms with Gasteiger partial charge in [-0.3, -0.25) is 14.9 Å². The number of esters is 1. The fourth-order valence-corrected chi connectivity index (χ4v) is 2.69. The van der Waals surface area contributed by atoms with Crippen LogP contribution in [0.1, 0.15) is 16.8 Å². The Hall–Kier alpha value is -1.96. The SMILES string of the molecule is COC(=O)c1ccc(N2CC(CBr)CC2=O)c([N+](=O)[O-])c1. The molecule has 0 radical (unpaired) electrons. The van der Waals surface area contributed by atoms with Crippen LogP contribution in [0, 0.1) is 16.0 Å². The molecule has 0 saturated carbocycles. The van der Waals surface area contributed by atoms with Crippen molar-refractivity contribution in [3.8, 4) is 0 Å². The van der Waals surface area contributed by atoms with Gasteiger partial charge < -0.3 is 9.64 Å². The molecule has 1 amide bonds. The molecule has 0 aliphatic carbocycles. The molecular formula is C13H13BrN2O5. The highest BCUT2D eigenvalue weighted by atomic mass is 79.9. The zero-order chi connectivity index (χ0) is 15.6. The third kappa shape index (κ3) is 3.05. The summed E-state index contributed by atoms with van der Waals surface area (Å²) in [5.74, 6) is -0.693. The number of benzene rings is 1. The first-order valence-corrected chi connectivity index (χ1v) is 7.33. The first-order chi connectivity index (χ1) is 9.97. The van der Waals surface area contributed by atoms with Crippen molar-refractivity contribution < 1.29 is 19.2 Å². The summed E-state index contributed by atoms with van der Waals surface area (Å²) in [6.07, 6.45) is 0.348. The van der Waals surface area contributed by atoms with Gasteiger partial charge in [-0.1, -0.05) is 15.9 Å². The molecule has 1 saturated heterocycles. The van der Waals surface area contributed by atoms with Gasteiger partial charge in [-0.15, -0.1) is 0 Å². The molecule has 1 aliphatic rings. The zero-order valence-electron chi connectivity index (χ0n) is 11.2. The van der Waals surface area contributed by atoms with Crippen molar-refractivity contribution in [1.29, 1.82) is 0 Å². The van der Waals surface area contributed by atoms with Crippen LogP contribution in [-0.4, -0.2) is 35.8 Å². The lowest BCUT2D eigenvalue weighted by molar-refractivity contribution is -0.384. The summed E-state index contributed by atoms with van der Waals surface area (Å²) in [6, 6.07) is 3.97. The monoisotopic (exact) mass is 356 g/mol. The normalized spacial score (nSPS) is 17.9. The maximum atomic E-state index is 12.0. The largest absolute Gasteiger partial charge is 0.465 e. The van der Waals surface area contributed by atoms with Crippen LogP contribution in [0.3, 0.4) is 0 Å². The minimum atomic E-state index is -0.657. The molecule has 1 aliphatic heterocycles. The molecule has 2 rings (SSSR count). The molecule has 8 heteroatoms. The van der Waals surface area contributed by atoms with E-state index in [9.17, 15) is 19.7 Å². The minimum absolute atomic E-state index is 0.0802. The van der Waals surface area contributed by atoms with Crippen molar-refractivity contribution in [1.82, 2.24) is 0 Å². The summed E-state index contributed by atoms with van der Waals surface area (Å²) in [4.78, 5) is 35.4. The lowest BCUT2D eigenvalue weighted by Crippen LogP contribution is -2.25. The molecule has 0 N–H and O–H groups in total. The van der Waals surface area contributed by atoms with Gasteiger partial charge in [0.25, 0.3) is 5.69 Å². The molecule has 0 bridgehead atoms. The number of amides is 1. The molecule has 1 fully saturated rings. The first-order valence-electron chi connectivity index (χ1n) is 6.21. The van der Waals surface area contributed by atoms with Crippen molar-refractivity contribution in [2.75, 3.05) is 23.9 Å². The van der Waals surface area contributed by atoms with Crippen LogP contribution in [0.15, 0.2) is 18.2 Å². The van der Waals surface area contributed by atoms with E-state index in [0.29, 0.717) is 18.3 Å². The number of methoxy groups -OCH3 is 1. The van der Waals surface area contributed by atoms with Gasteiger partial charge in [0.2, 0.25) is 5.91 Å². The van der Waals surface area contributed by atoms with Gasteiger partial charge in [-0.05, 0) is 18.1 Å². The number of rotatable bonds is 4. The van der Waals surface area contributed by atoms with Crippen LogP contribution < -0.4 is 4.90 Å². The average Bonchev–Trinajstić information content (AvgIpc) is 2.86. The van der Waals surface area contributed by atoms with E-state index in [4.69, 9.17) is 0 Å². The van der Waals surface area contributed by atoms with Crippen molar-refractivity contribution in [2.45, 2.75) is 6.42 Å². The van der Waals surface area contributed by atoms with Crippen molar-refractivity contribution in [3.05, 3.63) is 33.9 Å². The number of alkyl halides is 1. The summed E-state index contributed by atoms with van der Waals surface area (Å²) < 4.78 is 4.54. The van der Waals surface area contributed by atoms with E-state index >= 15 is 0 Å². The van der Waals surface area contributed by atoms with Crippen LogP contribution in [0.2, 0.25) is 0 Å². The van der Waals surface area contributed by atoms with E-state index in [1.165, 1.54) is 24.1 Å². The number of anilines is 1. The Morgan fingerprint density at radius 2 is 2.29 bits per heavy atom. The quantitative estimate of drug-likeness (QED) is 0.356. The molecule has 1 unspecified atom stereocenters. The Labute approximate surface area is 129 Å². The highest BCUT2D eigenvalue weighted by Gasteiger charge is 2.34. The van der Waals surface area contributed by atoms with E-state index in [0.717, 1.165) is 6.07 Å². The standard InChI is InChI=1S/C13H13BrN2O5/c1-21-13(18)9-2-3-10(11(5-9)16(19)20)15-7-8(6-14)4-12(15)17/h2-3,5,8H,4,6-7H2,1H3. The number of hydrogen-bond donors (Lipinski definition) is 0. The molecule has 1 aromatic rings. The predicted molar refractivity (Wildman–Crippen MR) is 78.7 cm³/mol. The van der Waals surface area contributed by atoms with E-state index < -0.39 is 10.9 Å². The molecule has 112 valence electrons. The third-order valence-electron chi connectivity index (χ3n) is 3.31. The lowest BCUT2D eigenvalue weighted by Gasteiger charge is -2.16. The second kappa shape index (κ2) is 6.21. The van der Waals surface area contributed by atoms with Gasteiger partial charge in [0.05, 0.1) is 17.6 Å². The lowest BCUT2D eigenvalue weighted by atomic mass is 10.1. The molecule has 1 atom stereocenters. The number of ether oxygens (including phenoxy) is 1. The van der Waals surface area contributed by atoms with Crippen LogP contribution in [0.25, 0.3) is 0 Å². The smallest absolute Gasteiger partial charge is 0.338 e.